The fourth-order valence-electron chi connectivity index (χ4n) is 3.91. The van der Waals surface area contributed by atoms with Gasteiger partial charge in [-0.05, 0) is 42.3 Å². The number of nitrogens with zero attached hydrogens (tertiary/aromatic N) is 4. The molecule has 0 radical (unpaired) electrons. The van der Waals surface area contributed by atoms with Crippen LogP contribution < -0.4 is 14.8 Å². The lowest BCUT2D eigenvalue weighted by atomic mass is 9.89. The van der Waals surface area contributed by atoms with E-state index >= 15 is 0 Å². The molecule has 0 fully saturated rings. The van der Waals surface area contributed by atoms with Crippen molar-refractivity contribution < 1.29 is 19.1 Å². The van der Waals surface area contributed by atoms with Gasteiger partial charge in [0.05, 0.1) is 32.7 Å². The van der Waals surface area contributed by atoms with Crippen LogP contribution in [0, 0.1) is 5.92 Å². The first-order valence-electron chi connectivity index (χ1n) is 11.3. The van der Waals surface area contributed by atoms with Gasteiger partial charge in [0, 0.05) is 36.0 Å². The molecule has 2 aromatic carbocycles. The van der Waals surface area contributed by atoms with Crippen molar-refractivity contribution in [3.8, 4) is 11.5 Å². The quantitative estimate of drug-likeness (QED) is 0.532. The first kappa shape index (κ1) is 23.9. The summed E-state index contributed by atoms with van der Waals surface area (Å²) < 4.78 is 10.8. The number of benzene rings is 2. The molecule has 2 amide bonds. The number of methoxy groups -OCH3 is 2. The maximum Gasteiger partial charge on any atom is 0.275 e. The van der Waals surface area contributed by atoms with Gasteiger partial charge in [0.2, 0.25) is 5.91 Å². The van der Waals surface area contributed by atoms with E-state index in [1.165, 1.54) is 23.6 Å². The van der Waals surface area contributed by atoms with Crippen LogP contribution in [0.2, 0.25) is 0 Å². The van der Waals surface area contributed by atoms with Crippen LogP contribution in [0.5, 0.6) is 11.5 Å². The summed E-state index contributed by atoms with van der Waals surface area (Å²) in [6.45, 7) is 2.38. The molecule has 0 bridgehead atoms. The summed E-state index contributed by atoms with van der Waals surface area (Å²) in [6.07, 6.45) is 5.56. The molecule has 4 rings (SSSR count). The highest BCUT2D eigenvalue weighted by molar-refractivity contribution is 6.06. The molecule has 1 atom stereocenters. The van der Waals surface area contributed by atoms with Crippen molar-refractivity contribution in [3.63, 3.8) is 0 Å². The number of nitrogens with one attached hydrogen (secondary N) is 1. The average molecular weight is 474 g/mol. The lowest BCUT2D eigenvalue weighted by molar-refractivity contribution is -0.133. The van der Waals surface area contributed by atoms with Crippen LogP contribution in [0.4, 0.5) is 5.69 Å². The standard InChI is InChI=1S/C26H27N5O4/c1-4-18-14-24(32)31(30-25(18)19-7-10-22(34-2)23(13-19)35-3)16-17-5-8-20(9-6-17)29-26(33)21-15-27-11-12-28-21/h5-13,15,18H,4,14,16H2,1-3H3,(H,29,33). The van der Waals surface area contributed by atoms with E-state index in [4.69, 9.17) is 14.6 Å². The minimum Gasteiger partial charge on any atom is -0.493 e. The molecule has 1 N–H and O–H groups in total. The predicted octanol–water partition coefficient (Wildman–Crippen LogP) is 3.91. The molecule has 1 unspecified atom stereocenters. The summed E-state index contributed by atoms with van der Waals surface area (Å²) >= 11 is 0. The Bertz CT molecular complexity index is 1230. The number of hydrogen-bond donors (Lipinski definition) is 1. The number of ether oxygens (including phenoxy) is 2. The van der Waals surface area contributed by atoms with E-state index in [-0.39, 0.29) is 23.4 Å². The smallest absolute Gasteiger partial charge is 0.275 e. The van der Waals surface area contributed by atoms with Crippen LogP contribution >= 0.6 is 0 Å². The van der Waals surface area contributed by atoms with Crippen molar-refractivity contribution in [2.45, 2.75) is 26.3 Å². The Morgan fingerprint density at radius 1 is 1.09 bits per heavy atom. The van der Waals surface area contributed by atoms with Crippen LogP contribution in [0.3, 0.4) is 0 Å². The van der Waals surface area contributed by atoms with Crippen LogP contribution in [0.1, 0.15) is 41.4 Å². The number of rotatable bonds is 8. The van der Waals surface area contributed by atoms with Crippen molar-refractivity contribution >= 4 is 23.2 Å². The molecule has 1 aliphatic heterocycles. The highest BCUT2D eigenvalue weighted by Gasteiger charge is 2.29. The number of hydrazone groups is 1. The molecular formula is C26H27N5O4. The molecule has 9 nitrogen and oxygen atoms in total. The summed E-state index contributed by atoms with van der Waals surface area (Å²) in [7, 11) is 3.19. The molecule has 1 aliphatic rings. The molecule has 3 aromatic rings. The van der Waals surface area contributed by atoms with Crippen molar-refractivity contribution in [1.82, 2.24) is 15.0 Å². The number of carbonyl (C=O) groups excluding carboxylic acids is 2. The molecular weight excluding hydrogens is 446 g/mol. The second-order valence-corrected chi connectivity index (χ2v) is 8.06. The largest absolute Gasteiger partial charge is 0.493 e. The number of aromatic nitrogens is 2. The number of anilines is 1. The highest BCUT2D eigenvalue weighted by atomic mass is 16.5. The molecule has 0 spiro atoms. The normalized spacial score (nSPS) is 15.4. The lowest BCUT2D eigenvalue weighted by Crippen LogP contribution is -2.36. The minimum atomic E-state index is -0.341. The third kappa shape index (κ3) is 5.46. The second kappa shape index (κ2) is 10.8. The van der Waals surface area contributed by atoms with Crippen LogP contribution in [0.15, 0.2) is 66.2 Å². The molecule has 180 valence electrons. The van der Waals surface area contributed by atoms with Gasteiger partial charge in [-0.15, -0.1) is 0 Å². The summed E-state index contributed by atoms with van der Waals surface area (Å²) in [5, 5.41) is 9.03. The molecule has 2 heterocycles. The van der Waals surface area contributed by atoms with Crippen molar-refractivity contribution in [2.75, 3.05) is 19.5 Å². The van der Waals surface area contributed by atoms with Gasteiger partial charge in [-0.3, -0.25) is 14.6 Å². The van der Waals surface area contributed by atoms with Gasteiger partial charge in [-0.25, -0.2) is 9.99 Å². The molecule has 0 saturated heterocycles. The van der Waals surface area contributed by atoms with E-state index in [1.807, 2.05) is 30.3 Å². The van der Waals surface area contributed by atoms with Crippen LogP contribution in [-0.2, 0) is 11.3 Å². The fraction of sp³-hybridized carbons (Fsp3) is 0.269. The van der Waals surface area contributed by atoms with Gasteiger partial charge in [0.15, 0.2) is 11.5 Å². The van der Waals surface area contributed by atoms with E-state index in [9.17, 15) is 9.59 Å². The molecule has 9 heteroatoms. The Morgan fingerprint density at radius 3 is 2.51 bits per heavy atom. The Labute approximate surface area is 203 Å². The zero-order valence-electron chi connectivity index (χ0n) is 19.9. The summed E-state index contributed by atoms with van der Waals surface area (Å²) in [5.41, 5.74) is 3.49. The van der Waals surface area contributed by atoms with E-state index in [0.717, 1.165) is 23.3 Å². The number of amides is 2. The third-order valence-corrected chi connectivity index (χ3v) is 5.84. The van der Waals surface area contributed by atoms with Crippen molar-refractivity contribution in [1.29, 1.82) is 0 Å². The Balaban J connectivity index is 1.52. The lowest BCUT2D eigenvalue weighted by Gasteiger charge is -2.29. The van der Waals surface area contributed by atoms with Gasteiger partial charge in [0.1, 0.15) is 5.69 Å². The third-order valence-electron chi connectivity index (χ3n) is 5.84. The van der Waals surface area contributed by atoms with Crippen molar-refractivity contribution in [3.05, 3.63) is 77.9 Å². The van der Waals surface area contributed by atoms with Gasteiger partial charge in [-0.1, -0.05) is 19.1 Å². The Kier molecular flexibility index (Phi) is 7.35. The topological polar surface area (TPSA) is 106 Å². The van der Waals surface area contributed by atoms with E-state index < -0.39 is 0 Å². The molecule has 0 saturated carbocycles. The highest BCUT2D eigenvalue weighted by Crippen LogP contribution is 2.31. The SMILES string of the molecule is CCC1CC(=O)N(Cc2ccc(NC(=O)c3cnccn3)cc2)N=C1c1ccc(OC)c(OC)c1. The monoisotopic (exact) mass is 473 g/mol. The van der Waals surface area contributed by atoms with Crippen LogP contribution in [-0.4, -0.2) is 46.7 Å². The van der Waals surface area contributed by atoms with Crippen molar-refractivity contribution in [2.24, 2.45) is 11.0 Å². The zero-order chi connectivity index (χ0) is 24.8. The average Bonchev–Trinajstić information content (AvgIpc) is 2.90. The number of hydrogen-bond acceptors (Lipinski definition) is 7. The Morgan fingerprint density at radius 2 is 1.86 bits per heavy atom. The minimum absolute atomic E-state index is 0.0236. The fourth-order valence-corrected chi connectivity index (χ4v) is 3.91. The van der Waals surface area contributed by atoms with Gasteiger partial charge < -0.3 is 14.8 Å². The van der Waals surface area contributed by atoms with Gasteiger partial charge >= 0.3 is 0 Å². The first-order valence-corrected chi connectivity index (χ1v) is 11.3. The maximum atomic E-state index is 12.8. The van der Waals surface area contributed by atoms with E-state index in [2.05, 4.69) is 22.2 Å². The van der Waals surface area contributed by atoms with Crippen LogP contribution in [0.25, 0.3) is 0 Å². The van der Waals surface area contributed by atoms with E-state index in [0.29, 0.717) is 30.2 Å². The predicted molar refractivity (Wildman–Crippen MR) is 131 cm³/mol. The zero-order valence-corrected chi connectivity index (χ0v) is 19.9. The second-order valence-electron chi connectivity index (χ2n) is 8.06. The molecule has 35 heavy (non-hydrogen) atoms. The molecule has 0 aliphatic carbocycles. The summed E-state index contributed by atoms with van der Waals surface area (Å²) in [4.78, 5) is 33.0. The van der Waals surface area contributed by atoms with Gasteiger partial charge in [0.25, 0.3) is 5.91 Å². The first-order chi connectivity index (χ1) is 17.0. The van der Waals surface area contributed by atoms with Gasteiger partial charge in [-0.2, -0.15) is 5.10 Å². The summed E-state index contributed by atoms with van der Waals surface area (Å²) in [6, 6.07) is 13.0. The summed E-state index contributed by atoms with van der Waals surface area (Å²) in [5.74, 6) is 0.911. The number of carbonyl (C=O) groups is 2. The van der Waals surface area contributed by atoms with E-state index in [1.54, 1.807) is 26.4 Å². The Hall–Kier alpha value is -4.27. The maximum absolute atomic E-state index is 12.8. The molecule has 1 aromatic heterocycles.